The Labute approximate surface area is 169 Å². The van der Waals surface area contributed by atoms with Crippen LogP contribution >= 0.6 is 11.6 Å². The van der Waals surface area contributed by atoms with Gasteiger partial charge in [-0.1, -0.05) is 0 Å². The first-order valence-electron chi connectivity index (χ1n) is 8.12. The van der Waals surface area contributed by atoms with Crippen LogP contribution in [0.25, 0.3) is 0 Å². The van der Waals surface area contributed by atoms with Gasteiger partial charge in [0.05, 0.1) is 17.9 Å². The molecule has 29 heavy (non-hydrogen) atoms. The van der Waals surface area contributed by atoms with Crippen molar-refractivity contribution in [2.24, 2.45) is 0 Å². The van der Waals surface area contributed by atoms with Gasteiger partial charge in [0.25, 0.3) is 0 Å². The first-order valence-corrected chi connectivity index (χ1v) is 10.2. The van der Waals surface area contributed by atoms with E-state index in [1.807, 2.05) is 0 Å². The Kier molecular flexibility index (Phi) is 5.99. The Morgan fingerprint density at radius 2 is 1.72 bits per heavy atom. The molecule has 0 amide bonds. The first kappa shape index (κ1) is 20.9. The van der Waals surface area contributed by atoms with E-state index in [2.05, 4.69) is 9.97 Å². The number of hydrogen-bond donors (Lipinski definition) is 0. The van der Waals surface area contributed by atoms with Gasteiger partial charge in [-0.15, -0.1) is 0 Å². The Balaban J connectivity index is 1.89. The zero-order chi connectivity index (χ0) is 21.2. The van der Waals surface area contributed by atoms with E-state index in [0.717, 1.165) is 18.2 Å². The summed E-state index contributed by atoms with van der Waals surface area (Å²) in [5, 5.41) is -0.0432. The van der Waals surface area contributed by atoms with Crippen molar-refractivity contribution in [3.63, 3.8) is 0 Å². The van der Waals surface area contributed by atoms with Crippen molar-refractivity contribution in [2.45, 2.75) is 17.1 Å². The summed E-state index contributed by atoms with van der Waals surface area (Å²) < 4.78 is 66.2. The van der Waals surface area contributed by atoms with Gasteiger partial charge in [-0.05, 0) is 54.1 Å². The predicted octanol–water partition coefficient (Wildman–Crippen LogP) is 3.95. The number of nitrogens with zero attached hydrogens (tertiary/aromatic N) is 2. The summed E-state index contributed by atoms with van der Waals surface area (Å²) >= 11 is 5.67. The van der Waals surface area contributed by atoms with E-state index < -0.39 is 43.7 Å². The van der Waals surface area contributed by atoms with Crippen molar-refractivity contribution in [2.75, 3.05) is 0 Å². The molecule has 0 spiro atoms. The molecule has 0 unspecified atom stereocenters. The van der Waals surface area contributed by atoms with Crippen molar-refractivity contribution in [3.8, 4) is 0 Å². The minimum Gasteiger partial charge on any atom is -0.294 e. The maximum Gasteiger partial charge on any atom is 0.222 e. The number of hydrogen-bond acceptors (Lipinski definition) is 5. The van der Waals surface area contributed by atoms with Gasteiger partial charge in [0.2, 0.25) is 5.28 Å². The van der Waals surface area contributed by atoms with Crippen LogP contribution in [0.2, 0.25) is 5.28 Å². The lowest BCUT2D eigenvalue weighted by atomic mass is 10.0. The van der Waals surface area contributed by atoms with Gasteiger partial charge in [-0.3, -0.25) is 4.79 Å². The highest BCUT2D eigenvalue weighted by Crippen LogP contribution is 2.23. The molecule has 3 rings (SSSR count). The van der Waals surface area contributed by atoms with Gasteiger partial charge in [0.1, 0.15) is 22.3 Å². The number of ketones is 1. The number of aromatic nitrogens is 2. The first-order chi connectivity index (χ1) is 13.7. The molecule has 1 heterocycles. The van der Waals surface area contributed by atoms with Crippen molar-refractivity contribution in [1.29, 1.82) is 0 Å². The van der Waals surface area contributed by atoms with Crippen LogP contribution in [-0.4, -0.2) is 24.2 Å². The largest absolute Gasteiger partial charge is 0.294 e. The fourth-order valence-electron chi connectivity index (χ4n) is 2.59. The molecule has 0 fully saturated rings. The summed E-state index contributed by atoms with van der Waals surface area (Å²) in [5.41, 5.74) is 0.0154. The lowest BCUT2D eigenvalue weighted by Crippen LogP contribution is -2.11. The highest BCUT2D eigenvalue weighted by Gasteiger charge is 2.23. The summed E-state index contributed by atoms with van der Waals surface area (Å²) in [7, 11) is -4.40. The molecule has 0 saturated heterocycles. The van der Waals surface area contributed by atoms with E-state index in [4.69, 9.17) is 11.6 Å². The quantitative estimate of drug-likeness (QED) is 0.428. The Morgan fingerprint density at radius 3 is 2.45 bits per heavy atom. The average molecular weight is 441 g/mol. The third kappa shape index (κ3) is 4.99. The van der Waals surface area contributed by atoms with Crippen LogP contribution in [0.15, 0.2) is 53.6 Å². The van der Waals surface area contributed by atoms with Gasteiger partial charge in [0.15, 0.2) is 15.6 Å². The van der Waals surface area contributed by atoms with Crippen LogP contribution in [0.5, 0.6) is 0 Å². The predicted molar refractivity (Wildman–Crippen MR) is 98.7 cm³/mol. The minimum atomic E-state index is -4.40. The lowest BCUT2D eigenvalue weighted by Gasteiger charge is -2.09. The van der Waals surface area contributed by atoms with Gasteiger partial charge in [0, 0.05) is 17.3 Å². The normalized spacial score (nSPS) is 11.4. The molecule has 150 valence electrons. The number of sulfone groups is 1. The van der Waals surface area contributed by atoms with Crippen molar-refractivity contribution >= 4 is 27.2 Å². The van der Waals surface area contributed by atoms with Crippen molar-refractivity contribution in [1.82, 2.24) is 9.97 Å². The Bertz CT molecular complexity index is 1200. The van der Waals surface area contributed by atoms with E-state index in [9.17, 15) is 26.4 Å². The standard InChI is InChI=1S/C19H12ClF3N2O3S/c20-19-24-6-5-14(25-19)9-17(26)11-1-3-15(22)12(7-11)10-29(27,28)18-8-13(21)2-4-16(18)23/h1-8H,9-10H2. The van der Waals surface area contributed by atoms with E-state index in [1.165, 1.54) is 18.3 Å². The lowest BCUT2D eigenvalue weighted by molar-refractivity contribution is 0.0991. The Hall–Kier alpha value is -2.78. The second-order valence-electron chi connectivity index (χ2n) is 6.06. The van der Waals surface area contributed by atoms with Gasteiger partial charge < -0.3 is 0 Å². The third-order valence-corrected chi connectivity index (χ3v) is 5.82. The number of halogens is 4. The number of carbonyl (C=O) groups is 1. The van der Waals surface area contributed by atoms with Crippen LogP contribution in [0.4, 0.5) is 13.2 Å². The van der Waals surface area contributed by atoms with Crippen molar-refractivity contribution < 1.29 is 26.4 Å². The smallest absolute Gasteiger partial charge is 0.222 e. The zero-order valence-electron chi connectivity index (χ0n) is 14.6. The number of benzene rings is 2. The molecular formula is C19H12ClF3N2O3S. The van der Waals surface area contributed by atoms with Crippen LogP contribution in [0.1, 0.15) is 21.6 Å². The van der Waals surface area contributed by atoms with Crippen LogP contribution in [0.3, 0.4) is 0 Å². The average Bonchev–Trinajstić information content (AvgIpc) is 2.65. The van der Waals surface area contributed by atoms with E-state index in [-0.39, 0.29) is 22.8 Å². The summed E-state index contributed by atoms with van der Waals surface area (Å²) in [5.74, 6) is -4.40. The van der Waals surface area contributed by atoms with Gasteiger partial charge in [-0.2, -0.15) is 0 Å². The van der Waals surface area contributed by atoms with Crippen LogP contribution in [0, 0.1) is 17.5 Å². The fourth-order valence-corrected chi connectivity index (χ4v) is 4.20. The molecule has 0 aliphatic heterocycles. The van der Waals surface area contributed by atoms with E-state index in [1.54, 1.807) is 0 Å². The highest BCUT2D eigenvalue weighted by molar-refractivity contribution is 7.90. The topological polar surface area (TPSA) is 77.0 Å². The van der Waals surface area contributed by atoms with E-state index in [0.29, 0.717) is 17.8 Å². The Morgan fingerprint density at radius 1 is 1.00 bits per heavy atom. The summed E-state index contributed by atoms with van der Waals surface area (Å²) in [6, 6.07) is 6.64. The molecule has 0 bridgehead atoms. The molecule has 3 aromatic rings. The van der Waals surface area contributed by atoms with Gasteiger partial charge in [-0.25, -0.2) is 31.6 Å². The summed E-state index contributed by atoms with van der Waals surface area (Å²) in [6.07, 6.45) is 1.20. The molecule has 0 radical (unpaired) electrons. The van der Waals surface area contributed by atoms with Crippen molar-refractivity contribution in [3.05, 3.63) is 88.2 Å². The zero-order valence-corrected chi connectivity index (χ0v) is 16.1. The number of carbonyl (C=O) groups excluding carboxylic acids is 1. The van der Waals surface area contributed by atoms with Crippen LogP contribution < -0.4 is 0 Å². The maximum absolute atomic E-state index is 14.2. The SMILES string of the molecule is O=C(Cc1ccnc(Cl)n1)c1ccc(F)c(CS(=O)(=O)c2cc(F)ccc2F)c1. The fraction of sp³-hybridized carbons (Fsp3) is 0.105. The number of Topliss-reactive ketones (excluding diaryl/α,β-unsaturated/α-hetero) is 1. The molecule has 5 nitrogen and oxygen atoms in total. The molecule has 0 N–H and O–H groups in total. The molecule has 10 heteroatoms. The molecule has 0 aliphatic rings. The number of rotatable bonds is 6. The molecule has 1 aromatic heterocycles. The highest BCUT2D eigenvalue weighted by atomic mass is 35.5. The maximum atomic E-state index is 14.2. The second-order valence-corrected chi connectivity index (χ2v) is 8.35. The monoisotopic (exact) mass is 440 g/mol. The minimum absolute atomic E-state index is 0.0334. The molecule has 0 atom stereocenters. The third-order valence-electron chi connectivity index (χ3n) is 3.97. The molecule has 2 aromatic carbocycles. The van der Waals surface area contributed by atoms with E-state index >= 15 is 0 Å². The summed E-state index contributed by atoms with van der Waals surface area (Å²) in [6.45, 7) is 0. The molecule has 0 saturated carbocycles. The summed E-state index contributed by atoms with van der Waals surface area (Å²) in [4.78, 5) is 19.1. The molecule has 0 aliphatic carbocycles. The second kappa shape index (κ2) is 8.30. The van der Waals surface area contributed by atoms with Crippen LogP contribution in [-0.2, 0) is 22.0 Å². The molecular weight excluding hydrogens is 429 g/mol. The van der Waals surface area contributed by atoms with Gasteiger partial charge >= 0.3 is 0 Å².